The van der Waals surface area contributed by atoms with E-state index in [1.165, 1.54) is 6.07 Å². The lowest BCUT2D eigenvalue weighted by atomic mass is 10.1. The van der Waals surface area contributed by atoms with Crippen molar-refractivity contribution in [2.24, 2.45) is 0 Å². The number of piperazine rings is 1. The highest BCUT2D eigenvalue weighted by molar-refractivity contribution is 5.95. The summed E-state index contributed by atoms with van der Waals surface area (Å²) < 4.78 is 16.1. The van der Waals surface area contributed by atoms with Gasteiger partial charge in [0.2, 0.25) is 5.91 Å². The average Bonchev–Trinajstić information content (AvgIpc) is 3.60. The smallest absolute Gasteiger partial charge is 0.274 e. The van der Waals surface area contributed by atoms with Crippen LogP contribution in [0.1, 0.15) is 33.7 Å². The Kier molecular flexibility index (Phi) is 5.36. The number of fused-ring (bicyclic) bond motifs is 2. The monoisotopic (exact) mass is 471 g/mol. The van der Waals surface area contributed by atoms with Gasteiger partial charge in [0.05, 0.1) is 6.42 Å². The van der Waals surface area contributed by atoms with Crippen molar-refractivity contribution in [1.29, 1.82) is 0 Å². The predicted octanol–water partition coefficient (Wildman–Crippen LogP) is 3.51. The van der Waals surface area contributed by atoms with E-state index in [-0.39, 0.29) is 17.6 Å². The molecule has 2 aromatic heterocycles. The molecule has 7 nitrogen and oxygen atoms in total. The second-order valence-corrected chi connectivity index (χ2v) is 9.20. The number of halogens is 1. The van der Waals surface area contributed by atoms with Gasteiger partial charge in [-0.25, -0.2) is 9.07 Å². The zero-order valence-corrected chi connectivity index (χ0v) is 19.3. The summed E-state index contributed by atoms with van der Waals surface area (Å²) >= 11 is 0. The lowest BCUT2D eigenvalue weighted by molar-refractivity contribution is -0.131. The molecule has 8 heteroatoms. The van der Waals surface area contributed by atoms with Crippen molar-refractivity contribution in [3.63, 3.8) is 0 Å². The fourth-order valence-corrected chi connectivity index (χ4v) is 5.29. The number of para-hydroxylation sites is 2. The molecule has 4 aromatic rings. The first-order valence-electron chi connectivity index (χ1n) is 12.1. The van der Waals surface area contributed by atoms with E-state index in [4.69, 9.17) is 0 Å². The molecule has 178 valence electrons. The average molecular weight is 472 g/mol. The van der Waals surface area contributed by atoms with E-state index >= 15 is 0 Å². The van der Waals surface area contributed by atoms with Gasteiger partial charge in [0.25, 0.3) is 5.91 Å². The van der Waals surface area contributed by atoms with Gasteiger partial charge in [-0.05, 0) is 43.0 Å². The molecule has 0 unspecified atom stereocenters. The lowest BCUT2D eigenvalue weighted by Gasteiger charge is -2.34. The number of nitrogens with one attached hydrogen (secondary N) is 1. The van der Waals surface area contributed by atoms with E-state index in [9.17, 15) is 14.0 Å². The Morgan fingerprint density at radius 2 is 1.69 bits per heavy atom. The highest BCUT2D eigenvalue weighted by Crippen LogP contribution is 2.29. The fraction of sp³-hybridized carbons (Fsp3) is 0.296. The van der Waals surface area contributed by atoms with Crippen LogP contribution in [0.15, 0.2) is 54.7 Å². The number of aromatic amines is 1. The number of hydrogen-bond donors (Lipinski definition) is 1. The number of benzene rings is 2. The summed E-state index contributed by atoms with van der Waals surface area (Å²) in [7, 11) is 0. The van der Waals surface area contributed by atoms with Crippen LogP contribution >= 0.6 is 0 Å². The van der Waals surface area contributed by atoms with Crippen LogP contribution in [0, 0.1) is 5.82 Å². The molecule has 1 fully saturated rings. The van der Waals surface area contributed by atoms with Gasteiger partial charge in [-0.3, -0.25) is 9.59 Å². The van der Waals surface area contributed by atoms with Crippen LogP contribution in [0.2, 0.25) is 0 Å². The number of carbonyl (C=O) groups is 2. The van der Waals surface area contributed by atoms with Crippen molar-refractivity contribution >= 4 is 22.7 Å². The van der Waals surface area contributed by atoms with Gasteiger partial charge in [-0.2, -0.15) is 5.10 Å². The van der Waals surface area contributed by atoms with E-state index in [2.05, 4.69) is 10.1 Å². The van der Waals surface area contributed by atoms with E-state index in [1.807, 2.05) is 35.4 Å². The fourth-order valence-electron chi connectivity index (χ4n) is 5.29. The predicted molar refractivity (Wildman–Crippen MR) is 130 cm³/mol. The molecule has 0 saturated carbocycles. The third kappa shape index (κ3) is 3.79. The molecule has 0 radical (unpaired) electrons. The Hall–Kier alpha value is -3.94. The normalized spacial score (nSPS) is 15.6. The summed E-state index contributed by atoms with van der Waals surface area (Å²) in [6, 6.07) is 14.5. The minimum Gasteiger partial charge on any atom is -0.361 e. The van der Waals surface area contributed by atoms with Crippen molar-refractivity contribution in [2.45, 2.75) is 25.7 Å². The van der Waals surface area contributed by atoms with Crippen molar-refractivity contribution in [3.05, 3.63) is 83.1 Å². The standard InChI is InChI=1S/C27H26FN5O2/c28-21-8-2-4-10-24(21)33-23-11-5-7-20(23)26(30-33)27(35)32-14-12-31(13-15-32)25(34)16-18-17-29-22-9-3-1-6-19(18)22/h1-4,6,8-10,17,29H,5,7,11-16H2. The van der Waals surface area contributed by atoms with Crippen LogP contribution in [0.3, 0.4) is 0 Å². The van der Waals surface area contributed by atoms with Crippen LogP contribution in [0.25, 0.3) is 16.6 Å². The maximum Gasteiger partial charge on any atom is 0.274 e. The summed E-state index contributed by atoms with van der Waals surface area (Å²) in [5.41, 5.74) is 4.64. The number of amides is 2. The van der Waals surface area contributed by atoms with Gasteiger partial charge < -0.3 is 14.8 Å². The zero-order valence-electron chi connectivity index (χ0n) is 19.3. The van der Waals surface area contributed by atoms with Crippen LogP contribution in [-0.4, -0.2) is 62.6 Å². The number of H-pyrrole nitrogens is 1. The molecule has 0 atom stereocenters. The SMILES string of the molecule is O=C(Cc1c[nH]c2ccccc12)N1CCN(C(=O)c2nn(-c3ccccc3F)c3c2CCC3)CC1. The molecule has 3 heterocycles. The van der Waals surface area contributed by atoms with E-state index in [0.717, 1.165) is 47.0 Å². The maximum atomic E-state index is 14.5. The van der Waals surface area contributed by atoms with Gasteiger partial charge in [0.15, 0.2) is 5.69 Å². The van der Waals surface area contributed by atoms with Gasteiger partial charge in [-0.15, -0.1) is 0 Å². The molecule has 1 N–H and O–H groups in total. The molecule has 35 heavy (non-hydrogen) atoms. The Labute approximate surface area is 202 Å². The summed E-state index contributed by atoms with van der Waals surface area (Å²) in [6.07, 6.45) is 4.71. The summed E-state index contributed by atoms with van der Waals surface area (Å²) in [5, 5.41) is 5.64. The van der Waals surface area contributed by atoms with E-state index < -0.39 is 0 Å². The van der Waals surface area contributed by atoms with E-state index in [0.29, 0.717) is 44.0 Å². The second-order valence-electron chi connectivity index (χ2n) is 9.20. The molecule has 6 rings (SSSR count). The van der Waals surface area contributed by atoms with Crippen molar-refractivity contribution in [1.82, 2.24) is 24.6 Å². The molecule has 2 amide bonds. The quantitative estimate of drug-likeness (QED) is 0.495. The minimum absolute atomic E-state index is 0.0616. The highest BCUT2D eigenvalue weighted by atomic mass is 19.1. The van der Waals surface area contributed by atoms with Gasteiger partial charge in [0.1, 0.15) is 11.5 Å². The summed E-state index contributed by atoms with van der Waals surface area (Å²) in [6.45, 7) is 1.89. The molecule has 0 spiro atoms. The summed E-state index contributed by atoms with van der Waals surface area (Å²) in [5.74, 6) is -0.431. The number of rotatable bonds is 4. The topological polar surface area (TPSA) is 74.2 Å². The first-order valence-corrected chi connectivity index (χ1v) is 12.1. The summed E-state index contributed by atoms with van der Waals surface area (Å²) in [4.78, 5) is 33.2. The molecule has 2 aliphatic rings. The van der Waals surface area contributed by atoms with Gasteiger partial charge >= 0.3 is 0 Å². The molecule has 0 bridgehead atoms. The third-order valence-electron chi connectivity index (χ3n) is 7.15. The Balaban J connectivity index is 1.15. The van der Waals surface area contributed by atoms with Gasteiger partial charge in [0, 0.05) is 54.5 Å². The van der Waals surface area contributed by atoms with Crippen molar-refractivity contribution < 1.29 is 14.0 Å². The molecular formula is C27H26FN5O2. The van der Waals surface area contributed by atoms with Crippen LogP contribution in [0.5, 0.6) is 0 Å². The van der Waals surface area contributed by atoms with Crippen molar-refractivity contribution in [2.75, 3.05) is 26.2 Å². The third-order valence-corrected chi connectivity index (χ3v) is 7.15. The van der Waals surface area contributed by atoms with E-state index in [1.54, 1.807) is 27.8 Å². The molecule has 2 aromatic carbocycles. The zero-order chi connectivity index (χ0) is 23.9. The lowest BCUT2D eigenvalue weighted by Crippen LogP contribution is -2.51. The van der Waals surface area contributed by atoms with Crippen LogP contribution in [0.4, 0.5) is 4.39 Å². The Morgan fingerprint density at radius 1 is 0.943 bits per heavy atom. The molecular weight excluding hydrogens is 445 g/mol. The van der Waals surface area contributed by atoms with Gasteiger partial charge in [-0.1, -0.05) is 30.3 Å². The largest absolute Gasteiger partial charge is 0.361 e. The Morgan fingerprint density at radius 3 is 2.51 bits per heavy atom. The van der Waals surface area contributed by atoms with Crippen LogP contribution in [-0.2, 0) is 24.1 Å². The first kappa shape index (κ1) is 21.6. The molecule has 1 saturated heterocycles. The number of hydrogen-bond acceptors (Lipinski definition) is 3. The molecule has 1 aliphatic heterocycles. The maximum absolute atomic E-state index is 14.5. The first-order chi connectivity index (χ1) is 17.1. The minimum atomic E-state index is -0.356. The number of aromatic nitrogens is 3. The number of carbonyl (C=O) groups excluding carboxylic acids is 2. The second kappa shape index (κ2) is 8.69. The Bertz CT molecular complexity index is 1430. The van der Waals surface area contributed by atoms with Crippen molar-refractivity contribution in [3.8, 4) is 5.69 Å². The number of nitrogens with zero attached hydrogens (tertiary/aromatic N) is 4. The molecule has 1 aliphatic carbocycles. The van der Waals surface area contributed by atoms with Crippen LogP contribution < -0.4 is 0 Å². The highest BCUT2D eigenvalue weighted by Gasteiger charge is 2.32.